The monoisotopic (exact) mass is 398 g/mol. The lowest BCUT2D eigenvalue weighted by Crippen LogP contribution is -2.39. The van der Waals surface area contributed by atoms with Crippen molar-refractivity contribution in [2.24, 2.45) is 0 Å². The van der Waals surface area contributed by atoms with E-state index in [0.717, 1.165) is 44.6 Å². The number of hydrogen-bond acceptors (Lipinski definition) is 5. The number of ether oxygens (including phenoxy) is 1. The van der Waals surface area contributed by atoms with Crippen LogP contribution in [-0.4, -0.2) is 66.0 Å². The van der Waals surface area contributed by atoms with Gasteiger partial charge in [0, 0.05) is 31.7 Å². The molecule has 0 unspecified atom stereocenters. The van der Waals surface area contributed by atoms with Gasteiger partial charge in [-0.3, -0.25) is 4.79 Å². The van der Waals surface area contributed by atoms with Crippen LogP contribution in [0.5, 0.6) is 5.75 Å². The Labute approximate surface area is 172 Å². The highest BCUT2D eigenvalue weighted by Gasteiger charge is 2.20. The largest absolute Gasteiger partial charge is 0.490 e. The molecule has 0 aromatic heterocycles. The minimum absolute atomic E-state index is 0.0242. The topological polar surface area (TPSA) is 82.0 Å². The molecule has 1 aliphatic rings. The summed E-state index contributed by atoms with van der Waals surface area (Å²) >= 11 is 0. The Kier molecular flexibility index (Phi) is 8.04. The molecule has 3 N–H and O–H groups in total. The maximum Gasteiger partial charge on any atom is 0.251 e. The van der Waals surface area contributed by atoms with E-state index in [-0.39, 0.29) is 25.2 Å². The molecule has 2 aromatic carbocycles. The first-order valence-electron chi connectivity index (χ1n) is 10.2. The second-order valence-electron chi connectivity index (χ2n) is 7.47. The molecule has 0 saturated carbocycles. The maximum absolute atomic E-state index is 12.0. The van der Waals surface area contributed by atoms with Crippen molar-refractivity contribution in [2.45, 2.75) is 31.5 Å². The number of hydrogen-bond donors (Lipinski definition) is 3. The van der Waals surface area contributed by atoms with Crippen LogP contribution in [0, 0.1) is 0 Å². The van der Waals surface area contributed by atoms with Crippen molar-refractivity contribution < 1.29 is 19.7 Å². The summed E-state index contributed by atoms with van der Waals surface area (Å²) in [4.78, 5) is 14.5. The summed E-state index contributed by atoms with van der Waals surface area (Å²) in [7, 11) is 0. The molecule has 0 radical (unpaired) electrons. The Morgan fingerprint density at radius 3 is 2.45 bits per heavy atom. The molecule has 1 fully saturated rings. The fourth-order valence-corrected chi connectivity index (χ4v) is 3.44. The average Bonchev–Trinajstić information content (AvgIpc) is 2.78. The molecule has 0 aliphatic carbocycles. The summed E-state index contributed by atoms with van der Waals surface area (Å²) in [5, 5.41) is 20.7. The van der Waals surface area contributed by atoms with Gasteiger partial charge in [0.15, 0.2) is 0 Å². The molecule has 1 saturated heterocycles. The number of rotatable bonds is 9. The fourth-order valence-electron chi connectivity index (χ4n) is 3.44. The molecule has 6 nitrogen and oxygen atoms in total. The van der Waals surface area contributed by atoms with E-state index in [1.54, 1.807) is 24.3 Å². The lowest BCUT2D eigenvalue weighted by molar-refractivity contribution is 0.0802. The molecule has 156 valence electrons. The second kappa shape index (κ2) is 11.0. The van der Waals surface area contributed by atoms with Crippen LogP contribution in [0.2, 0.25) is 0 Å². The average molecular weight is 399 g/mol. The summed E-state index contributed by atoms with van der Waals surface area (Å²) in [6, 6.07) is 17.6. The minimum Gasteiger partial charge on any atom is -0.490 e. The van der Waals surface area contributed by atoms with E-state index in [1.165, 1.54) is 5.56 Å². The van der Waals surface area contributed by atoms with Crippen LogP contribution in [-0.2, 0) is 6.42 Å². The van der Waals surface area contributed by atoms with Crippen LogP contribution in [0.25, 0.3) is 0 Å². The highest BCUT2D eigenvalue weighted by Crippen LogP contribution is 2.20. The summed E-state index contributed by atoms with van der Waals surface area (Å²) in [5.74, 6) is 0.482. The molecule has 1 aliphatic heterocycles. The van der Waals surface area contributed by atoms with Gasteiger partial charge in [-0.05, 0) is 49.1 Å². The predicted molar refractivity (Wildman–Crippen MR) is 112 cm³/mol. The van der Waals surface area contributed by atoms with Gasteiger partial charge in [0.05, 0.1) is 12.7 Å². The molecule has 3 rings (SSSR count). The van der Waals surface area contributed by atoms with E-state index in [9.17, 15) is 9.90 Å². The molecule has 1 atom stereocenters. The lowest BCUT2D eigenvalue weighted by Gasteiger charge is -2.32. The van der Waals surface area contributed by atoms with E-state index >= 15 is 0 Å². The fraction of sp³-hybridized carbons (Fsp3) is 0.435. The van der Waals surface area contributed by atoms with Crippen molar-refractivity contribution in [3.8, 4) is 5.75 Å². The summed E-state index contributed by atoms with van der Waals surface area (Å²) in [5.41, 5.74) is 1.87. The van der Waals surface area contributed by atoms with Gasteiger partial charge in [0.2, 0.25) is 0 Å². The normalized spacial score (nSPS) is 16.3. The van der Waals surface area contributed by atoms with Gasteiger partial charge in [-0.2, -0.15) is 0 Å². The first kappa shape index (κ1) is 21.3. The number of piperidine rings is 1. The number of aliphatic hydroxyl groups excluding tert-OH is 2. The van der Waals surface area contributed by atoms with Crippen LogP contribution in [0.1, 0.15) is 28.8 Å². The van der Waals surface area contributed by atoms with Crippen LogP contribution in [0.4, 0.5) is 0 Å². The predicted octanol–water partition coefficient (Wildman–Crippen LogP) is 1.86. The Hall–Kier alpha value is -2.41. The van der Waals surface area contributed by atoms with Crippen LogP contribution in [0.3, 0.4) is 0 Å². The van der Waals surface area contributed by atoms with E-state index < -0.39 is 6.10 Å². The van der Waals surface area contributed by atoms with E-state index in [0.29, 0.717) is 5.56 Å². The molecular weight excluding hydrogens is 368 g/mol. The quantitative estimate of drug-likeness (QED) is 0.601. The van der Waals surface area contributed by atoms with Gasteiger partial charge in [-0.15, -0.1) is 0 Å². The minimum atomic E-state index is -0.944. The Bertz CT molecular complexity index is 743. The number of benzene rings is 2. The van der Waals surface area contributed by atoms with Crippen molar-refractivity contribution in [1.82, 2.24) is 10.2 Å². The van der Waals surface area contributed by atoms with Gasteiger partial charge in [-0.25, -0.2) is 0 Å². The summed E-state index contributed by atoms with van der Waals surface area (Å²) in [6.45, 7) is 2.79. The number of carbonyl (C=O) groups is 1. The molecule has 0 spiro atoms. The number of amides is 1. The number of likely N-dealkylation sites (tertiary alicyclic amines) is 1. The highest BCUT2D eigenvalue weighted by molar-refractivity contribution is 5.94. The Morgan fingerprint density at radius 2 is 1.79 bits per heavy atom. The van der Waals surface area contributed by atoms with Crippen LogP contribution in [0.15, 0.2) is 54.6 Å². The number of nitrogens with one attached hydrogen (secondary N) is 1. The zero-order valence-corrected chi connectivity index (χ0v) is 16.7. The lowest BCUT2D eigenvalue weighted by atomic mass is 10.1. The first-order valence-corrected chi connectivity index (χ1v) is 10.2. The van der Waals surface area contributed by atoms with Crippen LogP contribution < -0.4 is 10.1 Å². The Morgan fingerprint density at radius 1 is 1.10 bits per heavy atom. The third kappa shape index (κ3) is 6.85. The van der Waals surface area contributed by atoms with Gasteiger partial charge in [0.25, 0.3) is 5.91 Å². The van der Waals surface area contributed by atoms with Gasteiger partial charge >= 0.3 is 0 Å². The molecule has 1 amide bonds. The third-order valence-electron chi connectivity index (χ3n) is 5.22. The van der Waals surface area contributed by atoms with Crippen molar-refractivity contribution in [3.63, 3.8) is 0 Å². The molecule has 2 aromatic rings. The SMILES string of the molecule is O=C(NC[C@@H](O)CO)c1ccc(OC2CCN(CCc3ccccc3)CC2)cc1. The molecule has 1 heterocycles. The summed E-state index contributed by atoms with van der Waals surface area (Å²) < 4.78 is 6.09. The third-order valence-corrected chi connectivity index (χ3v) is 5.22. The van der Waals surface area contributed by atoms with Crippen molar-refractivity contribution in [2.75, 3.05) is 32.8 Å². The van der Waals surface area contributed by atoms with Gasteiger partial charge in [0.1, 0.15) is 11.9 Å². The second-order valence-corrected chi connectivity index (χ2v) is 7.47. The maximum atomic E-state index is 12.0. The standard InChI is InChI=1S/C23H30N2O4/c26-17-20(27)16-24-23(28)19-6-8-21(9-7-19)29-22-11-14-25(15-12-22)13-10-18-4-2-1-3-5-18/h1-9,20,22,26-27H,10-17H2,(H,24,28)/t20-/m1/s1. The number of aliphatic hydroxyl groups is 2. The molecule has 29 heavy (non-hydrogen) atoms. The smallest absolute Gasteiger partial charge is 0.251 e. The number of nitrogens with zero attached hydrogens (tertiary/aromatic N) is 1. The van der Waals surface area contributed by atoms with Crippen molar-refractivity contribution in [3.05, 3.63) is 65.7 Å². The highest BCUT2D eigenvalue weighted by atomic mass is 16.5. The molecule has 0 bridgehead atoms. The van der Waals surface area contributed by atoms with Gasteiger partial charge < -0.3 is 25.2 Å². The zero-order valence-electron chi connectivity index (χ0n) is 16.7. The first-order chi connectivity index (χ1) is 14.1. The number of carbonyl (C=O) groups excluding carboxylic acids is 1. The van der Waals surface area contributed by atoms with E-state index in [2.05, 4.69) is 34.5 Å². The zero-order chi connectivity index (χ0) is 20.5. The van der Waals surface area contributed by atoms with Crippen molar-refractivity contribution >= 4 is 5.91 Å². The summed E-state index contributed by atoms with van der Waals surface area (Å²) in [6.07, 6.45) is 2.32. The van der Waals surface area contributed by atoms with Crippen molar-refractivity contribution in [1.29, 1.82) is 0 Å². The Balaban J connectivity index is 1.39. The molecular formula is C23H30N2O4. The van der Waals surface area contributed by atoms with E-state index in [1.807, 2.05) is 6.07 Å². The van der Waals surface area contributed by atoms with Gasteiger partial charge in [-0.1, -0.05) is 30.3 Å². The molecule has 6 heteroatoms. The van der Waals surface area contributed by atoms with Crippen LogP contribution >= 0.6 is 0 Å². The van der Waals surface area contributed by atoms with E-state index in [4.69, 9.17) is 9.84 Å².